The summed E-state index contributed by atoms with van der Waals surface area (Å²) in [5.74, 6) is 0.760. The van der Waals surface area contributed by atoms with Gasteiger partial charge in [0.15, 0.2) is 0 Å². The number of hydrogen-bond acceptors (Lipinski definition) is 4. The van der Waals surface area contributed by atoms with Crippen LogP contribution in [0.15, 0.2) is 18.3 Å². The first kappa shape index (κ1) is 15.3. The maximum Gasteiger partial charge on any atom is 0.218 e. The van der Waals surface area contributed by atoms with Crippen molar-refractivity contribution in [1.82, 2.24) is 15.2 Å². The van der Waals surface area contributed by atoms with Gasteiger partial charge in [-0.15, -0.1) is 0 Å². The fourth-order valence-corrected chi connectivity index (χ4v) is 2.62. The molecule has 1 fully saturated rings. The van der Waals surface area contributed by atoms with E-state index in [1.165, 1.54) is 19.4 Å². The number of pyridine rings is 1. The second-order valence-corrected chi connectivity index (χ2v) is 6.07. The number of aromatic nitrogens is 1. The average Bonchev–Trinajstić information content (AvgIpc) is 2.41. The molecular formula is C16H27N3O. The first-order valence-corrected chi connectivity index (χ1v) is 7.60. The SMILES string of the molecule is CC(C)Oc1ncccc1CNC1CCN(C)C(C)C1. The molecule has 0 radical (unpaired) electrons. The zero-order valence-corrected chi connectivity index (χ0v) is 13.1. The van der Waals surface area contributed by atoms with E-state index in [1.807, 2.05) is 19.9 Å². The van der Waals surface area contributed by atoms with Gasteiger partial charge in [-0.25, -0.2) is 4.98 Å². The number of nitrogens with one attached hydrogen (secondary N) is 1. The average molecular weight is 277 g/mol. The molecule has 4 nitrogen and oxygen atoms in total. The van der Waals surface area contributed by atoms with E-state index in [0.29, 0.717) is 12.1 Å². The maximum atomic E-state index is 5.76. The van der Waals surface area contributed by atoms with Gasteiger partial charge in [-0.1, -0.05) is 6.07 Å². The van der Waals surface area contributed by atoms with Crippen LogP contribution in [0.2, 0.25) is 0 Å². The quantitative estimate of drug-likeness (QED) is 0.897. The molecule has 1 N–H and O–H groups in total. The fraction of sp³-hybridized carbons (Fsp3) is 0.688. The second-order valence-electron chi connectivity index (χ2n) is 6.07. The molecule has 1 aromatic rings. The molecule has 0 aliphatic carbocycles. The van der Waals surface area contributed by atoms with Crippen molar-refractivity contribution in [3.05, 3.63) is 23.9 Å². The summed E-state index contributed by atoms with van der Waals surface area (Å²) in [6.07, 6.45) is 4.37. The van der Waals surface area contributed by atoms with Crippen molar-refractivity contribution in [3.63, 3.8) is 0 Å². The van der Waals surface area contributed by atoms with E-state index in [-0.39, 0.29) is 6.10 Å². The Bertz CT molecular complexity index is 422. The first-order chi connectivity index (χ1) is 9.56. The monoisotopic (exact) mass is 277 g/mol. The molecule has 2 unspecified atom stereocenters. The molecule has 2 atom stereocenters. The number of ether oxygens (including phenoxy) is 1. The van der Waals surface area contributed by atoms with Crippen LogP contribution in [-0.2, 0) is 6.54 Å². The van der Waals surface area contributed by atoms with E-state index in [4.69, 9.17) is 4.74 Å². The highest BCUT2D eigenvalue weighted by Gasteiger charge is 2.22. The number of likely N-dealkylation sites (tertiary alicyclic amines) is 1. The molecule has 0 spiro atoms. The van der Waals surface area contributed by atoms with Crippen molar-refractivity contribution >= 4 is 0 Å². The lowest BCUT2D eigenvalue weighted by atomic mass is 9.99. The minimum Gasteiger partial charge on any atom is -0.475 e. The van der Waals surface area contributed by atoms with Crippen molar-refractivity contribution in [1.29, 1.82) is 0 Å². The second kappa shape index (κ2) is 7.04. The standard InChI is InChI=1S/C16H27N3O/c1-12(2)20-16-14(6-5-8-17-16)11-18-15-7-9-19(4)13(3)10-15/h5-6,8,12-13,15,18H,7,9-11H2,1-4H3. The summed E-state index contributed by atoms with van der Waals surface area (Å²) in [6, 6.07) is 5.31. The van der Waals surface area contributed by atoms with Gasteiger partial charge in [-0.05, 0) is 53.3 Å². The van der Waals surface area contributed by atoms with Gasteiger partial charge in [0.2, 0.25) is 5.88 Å². The Balaban J connectivity index is 1.90. The lowest BCUT2D eigenvalue weighted by Gasteiger charge is -2.35. The molecule has 0 amide bonds. The molecule has 1 aliphatic heterocycles. The maximum absolute atomic E-state index is 5.76. The first-order valence-electron chi connectivity index (χ1n) is 7.60. The lowest BCUT2D eigenvalue weighted by Crippen LogP contribution is -2.45. The van der Waals surface area contributed by atoms with Crippen molar-refractivity contribution < 1.29 is 4.74 Å². The van der Waals surface area contributed by atoms with E-state index < -0.39 is 0 Å². The van der Waals surface area contributed by atoms with Gasteiger partial charge in [0, 0.05) is 30.4 Å². The van der Waals surface area contributed by atoms with E-state index >= 15 is 0 Å². The minimum atomic E-state index is 0.159. The van der Waals surface area contributed by atoms with Crippen LogP contribution in [0, 0.1) is 0 Å². The fourth-order valence-electron chi connectivity index (χ4n) is 2.62. The van der Waals surface area contributed by atoms with Crippen LogP contribution >= 0.6 is 0 Å². The van der Waals surface area contributed by atoms with Crippen LogP contribution in [0.25, 0.3) is 0 Å². The van der Waals surface area contributed by atoms with Crippen molar-refractivity contribution in [2.75, 3.05) is 13.6 Å². The summed E-state index contributed by atoms with van der Waals surface area (Å²) in [7, 11) is 2.20. The normalized spacial score (nSPS) is 24.1. The Labute approximate surface area is 122 Å². The van der Waals surface area contributed by atoms with Crippen molar-refractivity contribution in [2.45, 2.75) is 58.3 Å². The predicted molar refractivity (Wildman–Crippen MR) is 82.0 cm³/mol. The topological polar surface area (TPSA) is 37.4 Å². The third-order valence-corrected chi connectivity index (χ3v) is 3.99. The van der Waals surface area contributed by atoms with Gasteiger partial charge in [-0.2, -0.15) is 0 Å². The third-order valence-electron chi connectivity index (χ3n) is 3.99. The molecule has 1 saturated heterocycles. The van der Waals surface area contributed by atoms with Crippen LogP contribution in [-0.4, -0.2) is 41.7 Å². The predicted octanol–water partition coefficient (Wildman–Crippen LogP) is 2.44. The van der Waals surface area contributed by atoms with Crippen LogP contribution in [0.4, 0.5) is 0 Å². The number of rotatable bonds is 5. The van der Waals surface area contributed by atoms with Gasteiger partial charge in [0.05, 0.1) is 6.10 Å². The number of piperidine rings is 1. The largest absolute Gasteiger partial charge is 0.475 e. The van der Waals surface area contributed by atoms with Gasteiger partial charge in [0.1, 0.15) is 0 Å². The summed E-state index contributed by atoms with van der Waals surface area (Å²) in [5.41, 5.74) is 1.15. The lowest BCUT2D eigenvalue weighted by molar-refractivity contribution is 0.167. The van der Waals surface area contributed by atoms with E-state index in [9.17, 15) is 0 Å². The molecule has 112 valence electrons. The Kier molecular flexibility index (Phi) is 5.38. The summed E-state index contributed by atoms with van der Waals surface area (Å²) in [5, 5.41) is 3.66. The van der Waals surface area contributed by atoms with Gasteiger partial charge in [-0.3, -0.25) is 0 Å². The molecule has 0 aromatic carbocycles. The molecule has 20 heavy (non-hydrogen) atoms. The molecule has 2 rings (SSSR count). The zero-order chi connectivity index (χ0) is 14.5. The Morgan fingerprint density at radius 3 is 3.00 bits per heavy atom. The van der Waals surface area contributed by atoms with Crippen molar-refractivity contribution in [2.24, 2.45) is 0 Å². The van der Waals surface area contributed by atoms with Crippen LogP contribution in [0.1, 0.15) is 39.2 Å². The highest BCUT2D eigenvalue weighted by atomic mass is 16.5. The molecule has 1 aliphatic rings. The van der Waals surface area contributed by atoms with Crippen LogP contribution < -0.4 is 10.1 Å². The summed E-state index contributed by atoms with van der Waals surface area (Å²) in [6.45, 7) is 8.36. The Morgan fingerprint density at radius 1 is 1.50 bits per heavy atom. The highest BCUT2D eigenvalue weighted by Crippen LogP contribution is 2.19. The zero-order valence-electron chi connectivity index (χ0n) is 13.1. The van der Waals surface area contributed by atoms with Crippen molar-refractivity contribution in [3.8, 4) is 5.88 Å². The number of hydrogen-bond donors (Lipinski definition) is 1. The van der Waals surface area contributed by atoms with E-state index in [2.05, 4.69) is 35.2 Å². The molecule has 0 saturated carbocycles. The Morgan fingerprint density at radius 2 is 2.30 bits per heavy atom. The van der Waals surface area contributed by atoms with Gasteiger partial charge in [0.25, 0.3) is 0 Å². The molecule has 2 heterocycles. The molecular weight excluding hydrogens is 250 g/mol. The van der Waals surface area contributed by atoms with Crippen LogP contribution in [0.3, 0.4) is 0 Å². The summed E-state index contributed by atoms with van der Waals surface area (Å²) >= 11 is 0. The van der Waals surface area contributed by atoms with Gasteiger partial charge >= 0.3 is 0 Å². The third kappa shape index (κ3) is 4.18. The van der Waals surface area contributed by atoms with Gasteiger partial charge < -0.3 is 15.0 Å². The molecule has 4 heteroatoms. The highest BCUT2D eigenvalue weighted by molar-refractivity contribution is 5.25. The van der Waals surface area contributed by atoms with E-state index in [0.717, 1.165) is 18.0 Å². The summed E-state index contributed by atoms with van der Waals surface area (Å²) in [4.78, 5) is 6.77. The van der Waals surface area contributed by atoms with E-state index in [1.54, 1.807) is 6.20 Å². The Hall–Kier alpha value is -1.13. The smallest absolute Gasteiger partial charge is 0.218 e. The van der Waals surface area contributed by atoms with Crippen LogP contribution in [0.5, 0.6) is 5.88 Å². The molecule has 0 bridgehead atoms. The minimum absolute atomic E-state index is 0.159. The number of nitrogens with zero attached hydrogens (tertiary/aromatic N) is 2. The molecule has 1 aromatic heterocycles. The summed E-state index contributed by atoms with van der Waals surface area (Å²) < 4.78 is 5.76.